The van der Waals surface area contributed by atoms with E-state index in [1.165, 1.54) is 6.08 Å². The normalized spacial score (nSPS) is 37.6. The van der Waals surface area contributed by atoms with Crippen molar-refractivity contribution in [1.29, 1.82) is 0 Å². The van der Waals surface area contributed by atoms with Crippen LogP contribution in [0.25, 0.3) is 0 Å². The van der Waals surface area contributed by atoms with Crippen LogP contribution in [0.15, 0.2) is 12.2 Å². The van der Waals surface area contributed by atoms with Gasteiger partial charge in [-0.1, -0.05) is 6.08 Å². The number of aliphatic hydroxyl groups excluding tert-OH is 1. The number of ketones is 2. The average molecular weight is 296 g/mol. The molecule has 7 heteroatoms. The molecule has 0 aromatic rings. The second kappa shape index (κ2) is 4.72. The number of methoxy groups -OCH3 is 1. The number of aliphatic hydroxyl groups is 1. The summed E-state index contributed by atoms with van der Waals surface area (Å²) in [5.74, 6) is -4.48. The third-order valence-corrected chi connectivity index (χ3v) is 4.55. The van der Waals surface area contributed by atoms with E-state index in [4.69, 9.17) is 14.2 Å². The number of hydrogen-bond donors (Lipinski definition) is 1. The first-order valence-corrected chi connectivity index (χ1v) is 6.79. The van der Waals surface area contributed by atoms with E-state index >= 15 is 0 Å². The van der Waals surface area contributed by atoms with Crippen molar-refractivity contribution in [3.05, 3.63) is 12.2 Å². The maximum absolute atomic E-state index is 12.5. The standard InChI is InChI=1S/C14H16O7/c1-19-12(18)14-9(16)3-2-8(15)11(14)13(5-4-10(14)17)20-6-7-21-13/h2-3,9,11,16H,4-7H2,1H3/t9-,11+,14+/m1/s1. The van der Waals surface area contributed by atoms with Crippen LogP contribution < -0.4 is 0 Å². The van der Waals surface area contributed by atoms with Gasteiger partial charge in [-0.3, -0.25) is 14.4 Å². The lowest BCUT2D eigenvalue weighted by Gasteiger charge is -2.50. The highest BCUT2D eigenvalue weighted by Gasteiger charge is 2.71. The Morgan fingerprint density at radius 1 is 1.38 bits per heavy atom. The van der Waals surface area contributed by atoms with E-state index in [9.17, 15) is 19.5 Å². The van der Waals surface area contributed by atoms with Gasteiger partial charge < -0.3 is 19.3 Å². The summed E-state index contributed by atoms with van der Waals surface area (Å²) >= 11 is 0. The molecule has 1 N–H and O–H groups in total. The van der Waals surface area contributed by atoms with Crippen molar-refractivity contribution >= 4 is 17.5 Å². The summed E-state index contributed by atoms with van der Waals surface area (Å²) in [6, 6.07) is 0. The Morgan fingerprint density at radius 3 is 2.67 bits per heavy atom. The number of carbonyl (C=O) groups is 3. The highest BCUT2D eigenvalue weighted by atomic mass is 16.7. The van der Waals surface area contributed by atoms with Crippen molar-refractivity contribution in [1.82, 2.24) is 0 Å². The lowest BCUT2D eigenvalue weighted by Crippen LogP contribution is -2.67. The second-order valence-corrected chi connectivity index (χ2v) is 5.43. The lowest BCUT2D eigenvalue weighted by atomic mass is 9.56. The van der Waals surface area contributed by atoms with Crippen LogP contribution in [0.2, 0.25) is 0 Å². The predicted molar refractivity (Wildman–Crippen MR) is 67.0 cm³/mol. The average Bonchev–Trinajstić information content (AvgIpc) is 2.94. The first-order valence-electron chi connectivity index (χ1n) is 6.79. The van der Waals surface area contributed by atoms with E-state index in [0.29, 0.717) is 0 Å². The van der Waals surface area contributed by atoms with E-state index in [1.807, 2.05) is 0 Å². The number of carbonyl (C=O) groups excluding carboxylic acids is 3. The molecule has 0 amide bonds. The van der Waals surface area contributed by atoms with Gasteiger partial charge in [-0.15, -0.1) is 0 Å². The van der Waals surface area contributed by atoms with Crippen molar-refractivity contribution in [2.24, 2.45) is 11.3 Å². The molecule has 0 bridgehead atoms. The Labute approximate surface area is 120 Å². The summed E-state index contributed by atoms with van der Waals surface area (Å²) in [7, 11) is 1.12. The fourth-order valence-corrected chi connectivity index (χ4v) is 3.66. The van der Waals surface area contributed by atoms with Crippen molar-refractivity contribution < 1.29 is 33.7 Å². The van der Waals surface area contributed by atoms with E-state index in [2.05, 4.69) is 0 Å². The van der Waals surface area contributed by atoms with Crippen molar-refractivity contribution in [3.63, 3.8) is 0 Å². The molecule has 3 atom stereocenters. The molecule has 1 saturated carbocycles. The van der Waals surface area contributed by atoms with Gasteiger partial charge in [0.2, 0.25) is 0 Å². The first-order chi connectivity index (χ1) is 9.99. The van der Waals surface area contributed by atoms with Crippen LogP contribution in [0.3, 0.4) is 0 Å². The Morgan fingerprint density at radius 2 is 2.05 bits per heavy atom. The van der Waals surface area contributed by atoms with Crippen LogP contribution in [-0.2, 0) is 28.6 Å². The number of allylic oxidation sites excluding steroid dienone is 1. The minimum absolute atomic E-state index is 0.0240. The summed E-state index contributed by atoms with van der Waals surface area (Å²) in [4.78, 5) is 37.2. The Kier molecular flexibility index (Phi) is 3.23. The molecule has 0 aromatic heterocycles. The maximum atomic E-state index is 12.5. The molecule has 21 heavy (non-hydrogen) atoms. The van der Waals surface area contributed by atoms with Gasteiger partial charge >= 0.3 is 5.97 Å². The summed E-state index contributed by atoms with van der Waals surface area (Å²) in [6.07, 6.45) is 1.04. The number of Topliss-reactive ketones (excluding diaryl/α,β-unsaturated/α-hetero) is 1. The van der Waals surface area contributed by atoms with E-state index in [1.54, 1.807) is 0 Å². The fourth-order valence-electron chi connectivity index (χ4n) is 3.66. The largest absolute Gasteiger partial charge is 0.468 e. The molecular weight excluding hydrogens is 280 g/mol. The van der Waals surface area contributed by atoms with Gasteiger partial charge in [0.1, 0.15) is 5.92 Å². The van der Waals surface area contributed by atoms with E-state index < -0.39 is 40.8 Å². The Hall–Kier alpha value is -1.57. The lowest BCUT2D eigenvalue weighted by molar-refractivity contribution is -0.245. The summed E-state index contributed by atoms with van der Waals surface area (Å²) < 4.78 is 15.9. The van der Waals surface area contributed by atoms with Crippen LogP contribution in [0.5, 0.6) is 0 Å². The monoisotopic (exact) mass is 296 g/mol. The summed E-state index contributed by atoms with van der Waals surface area (Å²) in [6.45, 7) is 0.546. The maximum Gasteiger partial charge on any atom is 0.323 e. The molecule has 2 fully saturated rings. The SMILES string of the molecule is COC(=O)[C@@]12C(=O)CCC3(OCCO3)[C@@H]1C(=O)C=C[C@H]2O. The molecule has 3 rings (SSSR count). The number of ether oxygens (including phenoxy) is 3. The van der Waals surface area contributed by atoms with Gasteiger partial charge in [0.15, 0.2) is 22.8 Å². The third kappa shape index (κ3) is 1.68. The zero-order chi connectivity index (χ0) is 15.3. The van der Waals surface area contributed by atoms with E-state index in [-0.39, 0.29) is 26.1 Å². The quantitative estimate of drug-likeness (QED) is 0.508. The predicted octanol–water partition coefficient (Wildman–Crippen LogP) is -0.632. The zero-order valence-corrected chi connectivity index (χ0v) is 11.5. The highest BCUT2D eigenvalue weighted by molar-refractivity contribution is 6.13. The molecule has 1 spiro atoms. The molecule has 0 aromatic carbocycles. The second-order valence-electron chi connectivity index (χ2n) is 5.43. The molecule has 1 saturated heterocycles. The summed E-state index contributed by atoms with van der Waals surface area (Å²) in [5, 5.41) is 10.3. The van der Waals surface area contributed by atoms with Gasteiger partial charge in [-0.2, -0.15) is 0 Å². The molecule has 0 unspecified atom stereocenters. The molecule has 1 heterocycles. The number of hydrogen-bond acceptors (Lipinski definition) is 7. The van der Waals surface area contributed by atoms with Gasteiger partial charge in [0, 0.05) is 12.8 Å². The molecule has 1 aliphatic heterocycles. The van der Waals surface area contributed by atoms with Gasteiger partial charge in [0.05, 0.1) is 26.4 Å². The number of rotatable bonds is 1. The smallest absolute Gasteiger partial charge is 0.323 e. The van der Waals surface area contributed by atoms with Crippen molar-refractivity contribution in [3.8, 4) is 0 Å². The van der Waals surface area contributed by atoms with Crippen LogP contribution in [0.4, 0.5) is 0 Å². The van der Waals surface area contributed by atoms with Crippen molar-refractivity contribution in [2.75, 3.05) is 20.3 Å². The van der Waals surface area contributed by atoms with Crippen LogP contribution in [-0.4, -0.2) is 54.9 Å². The Bertz CT molecular complexity index is 521. The minimum Gasteiger partial charge on any atom is -0.468 e. The van der Waals surface area contributed by atoms with Crippen LogP contribution in [0.1, 0.15) is 12.8 Å². The van der Waals surface area contributed by atoms with Crippen molar-refractivity contribution in [2.45, 2.75) is 24.7 Å². The molecular formula is C14H16O7. The van der Waals surface area contributed by atoms with Gasteiger partial charge in [-0.25, -0.2) is 0 Å². The van der Waals surface area contributed by atoms with Crippen LogP contribution >= 0.6 is 0 Å². The molecule has 0 radical (unpaired) electrons. The minimum atomic E-state index is -1.98. The van der Waals surface area contributed by atoms with Gasteiger partial charge in [-0.05, 0) is 6.08 Å². The molecule has 2 aliphatic carbocycles. The third-order valence-electron chi connectivity index (χ3n) is 4.55. The van der Waals surface area contributed by atoms with E-state index in [0.717, 1.165) is 13.2 Å². The first kappa shape index (κ1) is 14.4. The number of esters is 1. The van der Waals surface area contributed by atoms with Crippen LogP contribution in [0, 0.1) is 11.3 Å². The molecule has 114 valence electrons. The topological polar surface area (TPSA) is 99.1 Å². The summed E-state index contributed by atoms with van der Waals surface area (Å²) in [5.41, 5.74) is -1.98. The number of fused-ring (bicyclic) bond motifs is 2. The fraction of sp³-hybridized carbons (Fsp3) is 0.643. The Balaban J connectivity index is 2.21. The molecule has 7 nitrogen and oxygen atoms in total. The highest BCUT2D eigenvalue weighted by Crippen LogP contribution is 2.53. The van der Waals surface area contributed by atoms with Gasteiger partial charge in [0.25, 0.3) is 0 Å². The zero-order valence-electron chi connectivity index (χ0n) is 11.5. The molecule has 3 aliphatic rings.